The van der Waals surface area contributed by atoms with Crippen LogP contribution in [0.4, 0.5) is 0 Å². The molecule has 0 aromatic heterocycles. The molecule has 84 valence electrons. The predicted molar refractivity (Wildman–Crippen MR) is 56.1 cm³/mol. The molecule has 0 rings (SSSR count). The van der Waals surface area contributed by atoms with Gasteiger partial charge in [-0.3, -0.25) is 0 Å². The van der Waals surface area contributed by atoms with E-state index in [0.29, 0.717) is 12.5 Å². The molecule has 1 atom stereocenters. The van der Waals surface area contributed by atoms with Gasteiger partial charge in [-0.15, -0.1) is 0 Å². The lowest BCUT2D eigenvalue weighted by Gasteiger charge is -2.24. The van der Waals surface area contributed by atoms with Crippen molar-refractivity contribution in [2.75, 3.05) is 6.61 Å². The predicted octanol–water partition coefficient (Wildman–Crippen LogP) is 2.39. The van der Waals surface area contributed by atoms with E-state index in [2.05, 4.69) is 0 Å². The maximum Gasteiger partial charge on any atom is 0.334 e. The van der Waals surface area contributed by atoms with Gasteiger partial charge < -0.3 is 9.47 Å². The van der Waals surface area contributed by atoms with E-state index >= 15 is 0 Å². The Hall–Kier alpha value is -0.570. The Labute approximate surface area is 86.8 Å². The van der Waals surface area contributed by atoms with Crippen LogP contribution in [0.3, 0.4) is 0 Å². The smallest absolute Gasteiger partial charge is 0.334 e. The van der Waals surface area contributed by atoms with Crippen molar-refractivity contribution in [2.24, 2.45) is 5.92 Å². The molecule has 0 heterocycles. The van der Waals surface area contributed by atoms with Gasteiger partial charge >= 0.3 is 5.97 Å². The highest BCUT2D eigenvalue weighted by molar-refractivity contribution is 5.74. The lowest BCUT2D eigenvalue weighted by Crippen LogP contribution is -2.32. The third-order valence-electron chi connectivity index (χ3n) is 1.42. The van der Waals surface area contributed by atoms with E-state index in [-0.39, 0.29) is 11.6 Å². The minimum Gasteiger partial charge on any atom is -0.464 e. The van der Waals surface area contributed by atoms with E-state index in [9.17, 15) is 4.79 Å². The minimum absolute atomic E-state index is 0.284. The summed E-state index contributed by atoms with van der Waals surface area (Å²) in [5.74, 6) is 0.0782. The van der Waals surface area contributed by atoms with E-state index in [1.807, 2.05) is 34.6 Å². The van der Waals surface area contributed by atoms with Gasteiger partial charge in [-0.2, -0.15) is 0 Å². The van der Waals surface area contributed by atoms with Crippen LogP contribution in [0, 0.1) is 5.92 Å². The third-order valence-corrected chi connectivity index (χ3v) is 1.42. The molecule has 0 aliphatic rings. The van der Waals surface area contributed by atoms with E-state index in [4.69, 9.17) is 9.47 Å². The highest BCUT2D eigenvalue weighted by Crippen LogP contribution is 2.11. The zero-order valence-corrected chi connectivity index (χ0v) is 10.1. The average molecular weight is 202 g/mol. The summed E-state index contributed by atoms with van der Waals surface area (Å²) in [7, 11) is 0. The van der Waals surface area contributed by atoms with Gasteiger partial charge in [-0.1, -0.05) is 13.8 Å². The standard InChI is InChI=1S/C11H22O3/c1-8(2)7-13-10(12)9(3)14-11(4,5)6/h8-9H,7H2,1-6H3/t9-/m0/s1. The van der Waals surface area contributed by atoms with Gasteiger partial charge in [0.2, 0.25) is 0 Å². The molecule has 0 aromatic carbocycles. The van der Waals surface area contributed by atoms with Crippen molar-refractivity contribution >= 4 is 5.97 Å². The van der Waals surface area contributed by atoms with Crippen LogP contribution in [-0.2, 0) is 14.3 Å². The first kappa shape index (κ1) is 13.4. The van der Waals surface area contributed by atoms with Gasteiger partial charge in [0.15, 0.2) is 6.10 Å². The molecular weight excluding hydrogens is 180 g/mol. The van der Waals surface area contributed by atoms with Crippen LogP contribution in [0.25, 0.3) is 0 Å². The summed E-state index contributed by atoms with van der Waals surface area (Å²) in [6.45, 7) is 11.9. The molecule has 0 unspecified atom stereocenters. The van der Waals surface area contributed by atoms with Crippen LogP contribution in [0.15, 0.2) is 0 Å². The third kappa shape index (κ3) is 6.89. The first-order valence-electron chi connectivity index (χ1n) is 5.07. The number of ether oxygens (including phenoxy) is 2. The number of carbonyl (C=O) groups excluding carboxylic acids is 1. The quantitative estimate of drug-likeness (QED) is 0.657. The molecule has 0 saturated carbocycles. The zero-order chi connectivity index (χ0) is 11.4. The summed E-state index contributed by atoms with van der Waals surface area (Å²) in [4.78, 5) is 11.4. The Balaban J connectivity index is 3.88. The molecule has 0 aliphatic carbocycles. The zero-order valence-electron chi connectivity index (χ0n) is 10.1. The molecule has 0 fully saturated rings. The molecule has 0 aromatic rings. The van der Waals surface area contributed by atoms with Crippen LogP contribution in [0.5, 0.6) is 0 Å². The first-order valence-corrected chi connectivity index (χ1v) is 5.07. The Morgan fingerprint density at radius 2 is 1.71 bits per heavy atom. The lowest BCUT2D eigenvalue weighted by atomic mass is 10.2. The fourth-order valence-electron chi connectivity index (χ4n) is 0.945. The number of esters is 1. The van der Waals surface area contributed by atoms with Crippen LogP contribution in [0.2, 0.25) is 0 Å². The second-order valence-electron chi connectivity index (χ2n) is 4.90. The summed E-state index contributed by atoms with van der Waals surface area (Å²) in [6, 6.07) is 0. The number of rotatable bonds is 4. The van der Waals surface area contributed by atoms with Gasteiger partial charge in [-0.05, 0) is 33.6 Å². The SMILES string of the molecule is CC(C)COC(=O)[C@H](C)OC(C)(C)C. The molecule has 0 saturated heterocycles. The van der Waals surface area contributed by atoms with E-state index in [1.54, 1.807) is 6.92 Å². The van der Waals surface area contributed by atoms with Gasteiger partial charge in [-0.25, -0.2) is 4.79 Å². The Bertz CT molecular complexity index is 179. The summed E-state index contributed by atoms with van der Waals surface area (Å²) in [6.07, 6.45) is -0.492. The van der Waals surface area contributed by atoms with Crippen molar-refractivity contribution in [3.05, 3.63) is 0 Å². The normalized spacial score (nSPS) is 14.2. The van der Waals surface area contributed by atoms with Crippen LogP contribution in [-0.4, -0.2) is 24.3 Å². The van der Waals surface area contributed by atoms with Gasteiger partial charge in [0, 0.05) is 0 Å². The summed E-state index contributed by atoms with van der Waals surface area (Å²) in [5, 5.41) is 0. The minimum atomic E-state index is -0.492. The highest BCUT2D eigenvalue weighted by Gasteiger charge is 2.22. The monoisotopic (exact) mass is 202 g/mol. The largest absolute Gasteiger partial charge is 0.464 e. The maximum atomic E-state index is 11.4. The fourth-order valence-corrected chi connectivity index (χ4v) is 0.945. The Kier molecular flexibility index (Phi) is 5.13. The Morgan fingerprint density at radius 1 is 1.21 bits per heavy atom. The molecule has 0 amide bonds. The molecule has 0 bridgehead atoms. The van der Waals surface area contributed by atoms with Crippen molar-refractivity contribution < 1.29 is 14.3 Å². The van der Waals surface area contributed by atoms with Crippen molar-refractivity contribution in [1.82, 2.24) is 0 Å². The molecule has 0 N–H and O–H groups in total. The first-order chi connectivity index (χ1) is 6.22. The van der Waals surface area contributed by atoms with Gasteiger partial charge in [0.1, 0.15) is 0 Å². The number of hydrogen-bond donors (Lipinski definition) is 0. The molecule has 14 heavy (non-hydrogen) atoms. The van der Waals surface area contributed by atoms with Gasteiger partial charge in [0.05, 0.1) is 12.2 Å². The lowest BCUT2D eigenvalue weighted by molar-refractivity contribution is -0.165. The number of hydrogen-bond acceptors (Lipinski definition) is 3. The van der Waals surface area contributed by atoms with E-state index in [1.165, 1.54) is 0 Å². The molecule has 0 aliphatic heterocycles. The second-order valence-corrected chi connectivity index (χ2v) is 4.90. The van der Waals surface area contributed by atoms with Crippen molar-refractivity contribution in [2.45, 2.75) is 53.2 Å². The van der Waals surface area contributed by atoms with Crippen molar-refractivity contribution in [1.29, 1.82) is 0 Å². The topological polar surface area (TPSA) is 35.5 Å². The van der Waals surface area contributed by atoms with Crippen molar-refractivity contribution in [3.63, 3.8) is 0 Å². The highest BCUT2D eigenvalue weighted by atomic mass is 16.6. The van der Waals surface area contributed by atoms with Gasteiger partial charge in [0.25, 0.3) is 0 Å². The molecule has 3 nitrogen and oxygen atoms in total. The Morgan fingerprint density at radius 3 is 2.07 bits per heavy atom. The summed E-state index contributed by atoms with van der Waals surface area (Å²) < 4.78 is 10.5. The van der Waals surface area contributed by atoms with E-state index in [0.717, 1.165) is 0 Å². The molecular formula is C11H22O3. The fraction of sp³-hybridized carbons (Fsp3) is 0.909. The van der Waals surface area contributed by atoms with Crippen LogP contribution in [0.1, 0.15) is 41.5 Å². The number of carbonyl (C=O) groups is 1. The summed E-state index contributed by atoms with van der Waals surface area (Å²) in [5.41, 5.74) is -0.309. The average Bonchev–Trinajstić information content (AvgIpc) is 1.96. The molecule has 0 radical (unpaired) electrons. The van der Waals surface area contributed by atoms with Crippen LogP contribution < -0.4 is 0 Å². The summed E-state index contributed by atoms with van der Waals surface area (Å²) >= 11 is 0. The maximum absolute atomic E-state index is 11.4. The molecule has 3 heteroatoms. The van der Waals surface area contributed by atoms with Crippen molar-refractivity contribution in [3.8, 4) is 0 Å². The van der Waals surface area contributed by atoms with E-state index < -0.39 is 6.10 Å². The van der Waals surface area contributed by atoms with Crippen LogP contribution >= 0.6 is 0 Å². The molecule has 0 spiro atoms. The second kappa shape index (κ2) is 5.35.